The number of carbonyl (C=O) groups is 1. The predicted molar refractivity (Wildman–Crippen MR) is 63.9 cm³/mol. The predicted octanol–water partition coefficient (Wildman–Crippen LogP) is 2.06. The number of piperidine rings is 1. The lowest BCUT2D eigenvalue weighted by Crippen LogP contribution is -2.46. The molecule has 1 aliphatic heterocycles. The third kappa shape index (κ3) is 2.83. The first-order valence-corrected chi connectivity index (χ1v) is 5.86. The Bertz CT molecular complexity index is 342. The molecule has 1 heterocycles. The number of rotatable bonds is 2. The van der Waals surface area contributed by atoms with Gasteiger partial charge in [-0.3, -0.25) is 10.2 Å². The molecule has 2 rings (SSSR count). The third-order valence-corrected chi connectivity index (χ3v) is 3.08. The van der Waals surface area contributed by atoms with Gasteiger partial charge in [-0.1, -0.05) is 25.1 Å². The van der Waals surface area contributed by atoms with Crippen molar-refractivity contribution >= 4 is 5.91 Å². The zero-order valence-corrected chi connectivity index (χ0v) is 9.65. The van der Waals surface area contributed by atoms with Crippen molar-refractivity contribution in [3.05, 3.63) is 35.9 Å². The Labute approximate surface area is 96.4 Å². The van der Waals surface area contributed by atoms with Crippen molar-refractivity contribution in [3.63, 3.8) is 0 Å². The fourth-order valence-corrected chi connectivity index (χ4v) is 1.92. The van der Waals surface area contributed by atoms with E-state index in [2.05, 4.69) is 12.3 Å². The quantitative estimate of drug-likeness (QED) is 0.824. The van der Waals surface area contributed by atoms with Crippen LogP contribution in [0.4, 0.5) is 0 Å². The number of nitrogens with zero attached hydrogens (tertiary/aromatic N) is 1. The van der Waals surface area contributed by atoms with Crippen molar-refractivity contribution in [2.24, 2.45) is 5.92 Å². The van der Waals surface area contributed by atoms with Crippen molar-refractivity contribution in [1.29, 1.82) is 0 Å². The maximum atomic E-state index is 11.8. The molecule has 1 saturated heterocycles. The molecule has 0 bridgehead atoms. The summed E-state index contributed by atoms with van der Waals surface area (Å²) in [6.07, 6.45) is 2.32. The number of benzene rings is 1. The van der Waals surface area contributed by atoms with Crippen molar-refractivity contribution in [1.82, 2.24) is 10.4 Å². The number of amides is 1. The van der Waals surface area contributed by atoms with Crippen LogP contribution in [0.2, 0.25) is 0 Å². The van der Waals surface area contributed by atoms with Crippen LogP contribution in [0.3, 0.4) is 0 Å². The van der Waals surface area contributed by atoms with E-state index in [-0.39, 0.29) is 5.91 Å². The molecule has 1 amide bonds. The van der Waals surface area contributed by atoms with E-state index in [4.69, 9.17) is 0 Å². The van der Waals surface area contributed by atoms with Crippen molar-refractivity contribution in [2.45, 2.75) is 19.8 Å². The zero-order chi connectivity index (χ0) is 11.4. The van der Waals surface area contributed by atoms with Crippen LogP contribution in [0.25, 0.3) is 0 Å². The highest BCUT2D eigenvalue weighted by Crippen LogP contribution is 2.14. The summed E-state index contributed by atoms with van der Waals surface area (Å²) < 4.78 is 0. The molecule has 3 heteroatoms. The SMILES string of the molecule is CC1CCN(NC(=O)c2ccccc2)CC1. The highest BCUT2D eigenvalue weighted by molar-refractivity contribution is 5.93. The van der Waals surface area contributed by atoms with Crippen molar-refractivity contribution < 1.29 is 4.79 Å². The van der Waals surface area contributed by atoms with Gasteiger partial charge in [0, 0.05) is 18.7 Å². The number of hydrogen-bond acceptors (Lipinski definition) is 2. The van der Waals surface area contributed by atoms with Gasteiger partial charge in [0.2, 0.25) is 0 Å². The van der Waals surface area contributed by atoms with E-state index in [0.29, 0.717) is 0 Å². The van der Waals surface area contributed by atoms with Crippen molar-refractivity contribution in [2.75, 3.05) is 13.1 Å². The Balaban J connectivity index is 1.88. The molecular formula is C13H18N2O. The summed E-state index contributed by atoms with van der Waals surface area (Å²) in [6.45, 7) is 4.18. The lowest BCUT2D eigenvalue weighted by Gasteiger charge is -2.30. The molecule has 16 heavy (non-hydrogen) atoms. The molecule has 1 aromatic carbocycles. The van der Waals surface area contributed by atoms with Gasteiger partial charge < -0.3 is 0 Å². The van der Waals surface area contributed by atoms with Gasteiger partial charge in [-0.25, -0.2) is 5.01 Å². The number of carbonyl (C=O) groups excluding carboxylic acids is 1. The van der Waals surface area contributed by atoms with Gasteiger partial charge in [0.25, 0.3) is 5.91 Å². The summed E-state index contributed by atoms with van der Waals surface area (Å²) in [6, 6.07) is 9.35. The minimum atomic E-state index is -0.00449. The summed E-state index contributed by atoms with van der Waals surface area (Å²) >= 11 is 0. The number of hydrogen-bond donors (Lipinski definition) is 1. The molecule has 1 N–H and O–H groups in total. The van der Waals surface area contributed by atoms with Gasteiger partial charge in [-0.15, -0.1) is 0 Å². The maximum Gasteiger partial charge on any atom is 0.265 e. The highest BCUT2D eigenvalue weighted by Gasteiger charge is 2.17. The largest absolute Gasteiger partial charge is 0.285 e. The topological polar surface area (TPSA) is 32.3 Å². The molecule has 3 nitrogen and oxygen atoms in total. The summed E-state index contributed by atoms with van der Waals surface area (Å²) in [5, 5.41) is 2.02. The van der Waals surface area contributed by atoms with Crippen molar-refractivity contribution in [3.8, 4) is 0 Å². The maximum absolute atomic E-state index is 11.8. The monoisotopic (exact) mass is 218 g/mol. The van der Waals surface area contributed by atoms with E-state index >= 15 is 0 Å². The standard InChI is InChI=1S/C13H18N2O/c1-11-7-9-15(10-8-11)14-13(16)12-5-3-2-4-6-12/h2-6,11H,7-10H2,1H3,(H,14,16). The lowest BCUT2D eigenvalue weighted by atomic mass is 10.0. The van der Waals surface area contributed by atoms with E-state index in [1.54, 1.807) is 0 Å². The molecule has 0 spiro atoms. The number of hydrazine groups is 1. The van der Waals surface area contributed by atoms with Gasteiger partial charge in [0.05, 0.1) is 0 Å². The second kappa shape index (κ2) is 5.12. The smallest absolute Gasteiger partial charge is 0.265 e. The van der Waals surface area contributed by atoms with Crippen LogP contribution in [0, 0.1) is 5.92 Å². The van der Waals surface area contributed by atoms with Crippen LogP contribution in [0.5, 0.6) is 0 Å². The second-order valence-corrected chi connectivity index (χ2v) is 4.48. The molecule has 0 saturated carbocycles. The van der Waals surface area contributed by atoms with Crippen LogP contribution in [-0.4, -0.2) is 24.0 Å². The van der Waals surface area contributed by atoms with Crippen LogP contribution < -0.4 is 5.43 Å². The normalized spacial score (nSPS) is 18.3. The molecule has 0 radical (unpaired) electrons. The summed E-state index contributed by atoms with van der Waals surface area (Å²) in [7, 11) is 0. The zero-order valence-electron chi connectivity index (χ0n) is 9.65. The number of nitrogens with one attached hydrogen (secondary N) is 1. The van der Waals surface area contributed by atoms with E-state index in [9.17, 15) is 4.79 Å². The lowest BCUT2D eigenvalue weighted by molar-refractivity contribution is 0.0712. The molecular weight excluding hydrogens is 200 g/mol. The van der Waals surface area contributed by atoms with E-state index in [0.717, 1.165) is 37.4 Å². The van der Waals surface area contributed by atoms with Crippen LogP contribution in [0.1, 0.15) is 30.1 Å². The molecule has 86 valence electrons. The molecule has 1 fully saturated rings. The molecule has 0 aliphatic carbocycles. The fourth-order valence-electron chi connectivity index (χ4n) is 1.92. The van der Waals surface area contributed by atoms with Gasteiger partial charge >= 0.3 is 0 Å². The van der Waals surface area contributed by atoms with Gasteiger partial charge in [0.1, 0.15) is 0 Å². The Kier molecular flexibility index (Phi) is 3.57. The minimum Gasteiger partial charge on any atom is -0.285 e. The molecule has 0 atom stereocenters. The molecule has 1 aliphatic rings. The first-order chi connectivity index (χ1) is 7.75. The summed E-state index contributed by atoms with van der Waals surface area (Å²) in [5.41, 5.74) is 3.67. The third-order valence-electron chi connectivity index (χ3n) is 3.08. The summed E-state index contributed by atoms with van der Waals surface area (Å²) in [5.74, 6) is 0.778. The Morgan fingerprint density at radius 2 is 1.88 bits per heavy atom. The van der Waals surface area contributed by atoms with Gasteiger partial charge in [0.15, 0.2) is 0 Å². The second-order valence-electron chi connectivity index (χ2n) is 4.48. The Morgan fingerprint density at radius 3 is 2.50 bits per heavy atom. The first kappa shape index (κ1) is 11.1. The van der Waals surface area contributed by atoms with E-state index < -0.39 is 0 Å². The van der Waals surface area contributed by atoms with E-state index in [1.807, 2.05) is 35.3 Å². The van der Waals surface area contributed by atoms with Crippen LogP contribution in [-0.2, 0) is 0 Å². The van der Waals surface area contributed by atoms with Gasteiger partial charge in [-0.05, 0) is 30.9 Å². The van der Waals surface area contributed by atoms with Crippen LogP contribution in [0.15, 0.2) is 30.3 Å². The summed E-state index contributed by atoms with van der Waals surface area (Å²) in [4.78, 5) is 11.8. The average Bonchev–Trinajstić information content (AvgIpc) is 2.33. The fraction of sp³-hybridized carbons (Fsp3) is 0.462. The first-order valence-electron chi connectivity index (χ1n) is 5.86. The van der Waals surface area contributed by atoms with Crippen LogP contribution >= 0.6 is 0 Å². The molecule has 0 aromatic heterocycles. The molecule has 1 aromatic rings. The Hall–Kier alpha value is -1.35. The minimum absolute atomic E-state index is 0.00449. The molecule has 0 unspecified atom stereocenters. The Morgan fingerprint density at radius 1 is 1.25 bits per heavy atom. The van der Waals surface area contributed by atoms with E-state index in [1.165, 1.54) is 0 Å². The highest BCUT2D eigenvalue weighted by atomic mass is 16.2. The average molecular weight is 218 g/mol. The van der Waals surface area contributed by atoms with Gasteiger partial charge in [-0.2, -0.15) is 0 Å².